The Morgan fingerprint density at radius 3 is 2.45 bits per heavy atom. The Kier molecular flexibility index (Phi) is 7.43. The van der Waals surface area contributed by atoms with Gasteiger partial charge >= 0.3 is 0 Å². The summed E-state index contributed by atoms with van der Waals surface area (Å²) in [5.74, 6) is 1.01. The Morgan fingerprint density at radius 1 is 1.21 bits per heavy atom. The van der Waals surface area contributed by atoms with Crippen molar-refractivity contribution in [3.8, 4) is 0 Å². The molecular weight excluding hydrogens is 388 g/mol. The van der Waals surface area contributed by atoms with Gasteiger partial charge in [-0.2, -0.15) is 5.10 Å². The van der Waals surface area contributed by atoms with Gasteiger partial charge in [-0.15, -0.1) is 0 Å². The molecule has 2 aromatic rings. The molecule has 9 heteroatoms. The Morgan fingerprint density at radius 2 is 1.86 bits per heavy atom. The Labute approximate surface area is 174 Å². The molecule has 0 saturated carbocycles. The average molecular weight is 421 g/mol. The number of hydrogen-bond acceptors (Lipinski definition) is 4. The smallest absolute Gasteiger partial charge is 0.242 e. The van der Waals surface area contributed by atoms with Crippen molar-refractivity contribution in [3.63, 3.8) is 0 Å². The third-order valence-electron chi connectivity index (χ3n) is 4.63. The molecule has 0 unspecified atom stereocenters. The van der Waals surface area contributed by atoms with E-state index in [0.717, 1.165) is 11.3 Å². The van der Waals surface area contributed by atoms with Crippen molar-refractivity contribution in [1.29, 1.82) is 0 Å². The molecule has 0 aliphatic heterocycles. The van der Waals surface area contributed by atoms with Gasteiger partial charge in [0.25, 0.3) is 0 Å². The predicted molar refractivity (Wildman–Crippen MR) is 116 cm³/mol. The highest BCUT2D eigenvalue weighted by Gasteiger charge is 2.21. The summed E-state index contributed by atoms with van der Waals surface area (Å²) in [5, 5.41) is 7.83. The van der Waals surface area contributed by atoms with Gasteiger partial charge in [-0.25, -0.2) is 12.7 Å². The number of guanidine groups is 1. The maximum atomic E-state index is 12.6. The van der Waals surface area contributed by atoms with Crippen LogP contribution in [0.5, 0.6) is 0 Å². The number of aromatic nitrogens is 2. The number of rotatable bonds is 7. The van der Waals surface area contributed by atoms with E-state index in [-0.39, 0.29) is 0 Å². The molecule has 1 aromatic carbocycles. The molecule has 0 atom stereocenters. The van der Waals surface area contributed by atoms with Crippen molar-refractivity contribution in [2.24, 2.45) is 12.0 Å². The molecule has 29 heavy (non-hydrogen) atoms. The van der Waals surface area contributed by atoms with Gasteiger partial charge in [0.1, 0.15) is 0 Å². The van der Waals surface area contributed by atoms with Crippen molar-refractivity contribution in [3.05, 3.63) is 47.3 Å². The second-order valence-electron chi connectivity index (χ2n) is 7.52. The molecular formula is C20H32N6O2S. The highest BCUT2D eigenvalue weighted by Crippen LogP contribution is 2.20. The lowest BCUT2D eigenvalue weighted by Gasteiger charge is -2.23. The van der Waals surface area contributed by atoms with Crippen LogP contribution in [0.3, 0.4) is 0 Å². The molecule has 0 amide bonds. The fraction of sp³-hybridized carbons (Fsp3) is 0.500. The molecule has 0 fully saturated rings. The maximum absolute atomic E-state index is 12.6. The van der Waals surface area contributed by atoms with Gasteiger partial charge < -0.3 is 10.2 Å². The normalized spacial score (nSPS) is 12.7. The number of benzene rings is 1. The van der Waals surface area contributed by atoms with Gasteiger partial charge in [0.15, 0.2) is 5.96 Å². The Balaban J connectivity index is 2.16. The minimum atomic E-state index is -3.51. The van der Waals surface area contributed by atoms with Crippen molar-refractivity contribution >= 4 is 16.0 Å². The molecule has 0 bridgehead atoms. The molecule has 0 aliphatic carbocycles. The maximum Gasteiger partial charge on any atom is 0.242 e. The van der Waals surface area contributed by atoms with Crippen LogP contribution in [0.25, 0.3) is 0 Å². The van der Waals surface area contributed by atoms with E-state index in [0.29, 0.717) is 35.4 Å². The monoisotopic (exact) mass is 420 g/mol. The van der Waals surface area contributed by atoms with Gasteiger partial charge in [0.2, 0.25) is 10.0 Å². The van der Waals surface area contributed by atoms with Crippen LogP contribution in [0.4, 0.5) is 0 Å². The summed E-state index contributed by atoms with van der Waals surface area (Å²) in [6, 6.07) is 7.01. The summed E-state index contributed by atoms with van der Waals surface area (Å²) >= 11 is 0. The first-order chi connectivity index (χ1) is 13.6. The van der Waals surface area contributed by atoms with Gasteiger partial charge in [-0.1, -0.05) is 32.0 Å². The van der Waals surface area contributed by atoms with E-state index in [1.54, 1.807) is 19.2 Å². The quantitative estimate of drug-likeness (QED) is 0.547. The number of hydrogen-bond donors (Lipinski definition) is 1. The van der Waals surface area contributed by atoms with Crippen LogP contribution < -0.4 is 5.32 Å². The summed E-state index contributed by atoms with van der Waals surface area (Å²) in [7, 11) is 5.14. The van der Waals surface area contributed by atoms with Crippen molar-refractivity contribution in [2.75, 3.05) is 28.2 Å². The number of aliphatic imine (C=N–C) groups is 1. The Hall–Kier alpha value is -2.39. The van der Waals surface area contributed by atoms with Gasteiger partial charge in [-0.3, -0.25) is 9.67 Å². The van der Waals surface area contributed by atoms with Gasteiger partial charge in [0.05, 0.1) is 10.6 Å². The lowest BCUT2D eigenvalue weighted by atomic mass is 10.1. The summed E-state index contributed by atoms with van der Waals surface area (Å²) < 4.78 is 28.2. The standard InChI is InChI=1S/C20H32N6O2S/c1-15(2)19-17(14-26(7)23-19)13-25(6)20(21-3)22-12-16-10-8-9-11-18(16)29(27,28)24(4)5/h8-11,14-15H,12-13H2,1-7H3,(H,21,22). The van der Waals surface area contributed by atoms with Gasteiger partial charge in [-0.05, 0) is 17.5 Å². The number of aryl methyl sites for hydroxylation is 1. The fourth-order valence-electron chi connectivity index (χ4n) is 3.15. The molecule has 1 aromatic heterocycles. The zero-order chi connectivity index (χ0) is 21.8. The lowest BCUT2D eigenvalue weighted by molar-refractivity contribution is 0.472. The highest BCUT2D eigenvalue weighted by molar-refractivity contribution is 7.89. The van der Waals surface area contributed by atoms with Crippen LogP contribution in [-0.4, -0.2) is 61.6 Å². The SMILES string of the molecule is CN=C(NCc1ccccc1S(=O)(=O)N(C)C)N(C)Cc1cn(C)nc1C(C)C. The minimum Gasteiger partial charge on any atom is -0.352 e. The molecule has 8 nitrogen and oxygen atoms in total. The summed E-state index contributed by atoms with van der Waals surface area (Å²) in [6.45, 7) is 5.26. The first-order valence-corrected chi connectivity index (χ1v) is 11.0. The van der Waals surface area contributed by atoms with Crippen LogP contribution >= 0.6 is 0 Å². The van der Waals surface area contributed by atoms with E-state index in [4.69, 9.17) is 0 Å². The number of nitrogens with one attached hydrogen (secondary N) is 1. The lowest BCUT2D eigenvalue weighted by Crippen LogP contribution is -2.38. The zero-order valence-corrected chi connectivity index (χ0v) is 19.2. The van der Waals surface area contributed by atoms with Crippen molar-refractivity contribution in [1.82, 2.24) is 24.3 Å². The van der Waals surface area contributed by atoms with E-state index in [1.165, 1.54) is 18.4 Å². The van der Waals surface area contributed by atoms with Crippen LogP contribution in [0, 0.1) is 0 Å². The number of nitrogens with zero attached hydrogens (tertiary/aromatic N) is 5. The van der Waals surface area contributed by atoms with E-state index in [2.05, 4.69) is 29.3 Å². The third kappa shape index (κ3) is 5.36. The van der Waals surface area contributed by atoms with E-state index in [1.807, 2.05) is 42.0 Å². The van der Waals surface area contributed by atoms with Crippen LogP contribution in [0.2, 0.25) is 0 Å². The van der Waals surface area contributed by atoms with Crippen LogP contribution in [0.15, 0.2) is 40.4 Å². The molecule has 0 saturated heterocycles. The highest BCUT2D eigenvalue weighted by atomic mass is 32.2. The van der Waals surface area contributed by atoms with Crippen LogP contribution in [0.1, 0.15) is 36.6 Å². The average Bonchev–Trinajstić information content (AvgIpc) is 3.02. The largest absolute Gasteiger partial charge is 0.352 e. The third-order valence-corrected chi connectivity index (χ3v) is 6.55. The predicted octanol–water partition coefficient (Wildman–Crippen LogP) is 2.00. The first kappa shape index (κ1) is 22.9. The molecule has 0 spiro atoms. The summed E-state index contributed by atoms with van der Waals surface area (Å²) in [4.78, 5) is 6.65. The molecule has 1 heterocycles. The zero-order valence-electron chi connectivity index (χ0n) is 18.3. The van der Waals surface area contributed by atoms with Crippen LogP contribution in [-0.2, 0) is 30.2 Å². The van der Waals surface area contributed by atoms with E-state index < -0.39 is 10.0 Å². The van der Waals surface area contributed by atoms with Crippen molar-refractivity contribution < 1.29 is 8.42 Å². The van der Waals surface area contributed by atoms with Gasteiger partial charge in [0, 0.05) is 60.1 Å². The summed E-state index contributed by atoms with van der Waals surface area (Å²) in [6.07, 6.45) is 2.03. The topological polar surface area (TPSA) is 82.8 Å². The molecule has 0 aliphatic rings. The molecule has 1 N–H and O–H groups in total. The van der Waals surface area contributed by atoms with E-state index in [9.17, 15) is 8.42 Å². The first-order valence-electron chi connectivity index (χ1n) is 9.52. The molecule has 2 rings (SSSR count). The second-order valence-corrected chi connectivity index (χ2v) is 9.64. The van der Waals surface area contributed by atoms with Crippen molar-refractivity contribution in [2.45, 2.75) is 37.8 Å². The molecule has 0 radical (unpaired) electrons. The number of sulfonamides is 1. The minimum absolute atomic E-state index is 0.296. The van der Waals surface area contributed by atoms with E-state index >= 15 is 0 Å². The second kappa shape index (κ2) is 9.41. The Bertz CT molecular complexity index is 963. The summed E-state index contributed by atoms with van der Waals surface area (Å²) in [5.41, 5.74) is 2.90. The fourth-order valence-corrected chi connectivity index (χ4v) is 4.27. The molecule has 160 valence electrons.